The van der Waals surface area contributed by atoms with Gasteiger partial charge in [0.15, 0.2) is 0 Å². The molecule has 8 nitrogen and oxygen atoms in total. The second-order valence-corrected chi connectivity index (χ2v) is 12.3. The molecule has 0 unspecified atom stereocenters. The topological polar surface area (TPSA) is 96.0 Å². The fourth-order valence-corrected chi connectivity index (χ4v) is 5.59. The molecule has 0 saturated carbocycles. The maximum atomic E-state index is 14.1. The van der Waals surface area contributed by atoms with Gasteiger partial charge < -0.3 is 15.0 Å². The van der Waals surface area contributed by atoms with Gasteiger partial charge >= 0.3 is 0 Å². The zero-order chi connectivity index (χ0) is 30.0. The number of nitrogens with one attached hydrogen (secondary N) is 1. The summed E-state index contributed by atoms with van der Waals surface area (Å²) in [6.45, 7) is 1.92. The largest absolute Gasteiger partial charge is 0.497 e. The number of methoxy groups -OCH3 is 1. The number of carbonyl (C=O) groups is 2. The smallest absolute Gasteiger partial charge is 0.244 e. The number of carbonyl (C=O) groups excluding carboxylic acids is 2. The normalized spacial score (nSPS) is 11.9. The van der Waals surface area contributed by atoms with Crippen LogP contribution in [0.25, 0.3) is 0 Å². The van der Waals surface area contributed by atoms with Crippen molar-refractivity contribution < 1.29 is 22.7 Å². The number of nitrogens with zero attached hydrogens (tertiary/aromatic N) is 2. The van der Waals surface area contributed by atoms with Gasteiger partial charge in [0.05, 0.1) is 24.1 Å². The van der Waals surface area contributed by atoms with E-state index in [9.17, 15) is 18.0 Å². The van der Waals surface area contributed by atoms with Gasteiger partial charge in [0.25, 0.3) is 0 Å². The van der Waals surface area contributed by atoms with Gasteiger partial charge in [0, 0.05) is 24.5 Å². The van der Waals surface area contributed by atoms with Crippen LogP contribution in [0.15, 0.2) is 72.8 Å². The standard InChI is InChI=1S/C30H35Cl2N3O5S/c1-4-5-16-33-30(37)28(18-22-10-7-6-8-11-22)34(20-23-12-9-13-25(17-23)40-2)29(36)21-35(41(3,38)39)27-19-24(31)14-15-26(27)32/h6-15,17,19,28H,4-5,16,18,20-21H2,1-3H3,(H,33,37)/t28-/m1/s1. The first-order valence-electron chi connectivity index (χ1n) is 13.2. The predicted octanol–water partition coefficient (Wildman–Crippen LogP) is 5.32. The van der Waals surface area contributed by atoms with Gasteiger partial charge in [-0.1, -0.05) is 79.0 Å². The number of rotatable bonds is 14. The van der Waals surface area contributed by atoms with Crippen LogP contribution in [0.4, 0.5) is 5.69 Å². The lowest BCUT2D eigenvalue weighted by molar-refractivity contribution is -0.140. The molecule has 11 heteroatoms. The lowest BCUT2D eigenvalue weighted by atomic mass is 10.0. The number of unbranched alkanes of at least 4 members (excludes halogenated alkanes) is 1. The molecule has 0 aliphatic heterocycles. The average Bonchev–Trinajstić information content (AvgIpc) is 2.95. The summed E-state index contributed by atoms with van der Waals surface area (Å²) in [7, 11) is -2.43. The summed E-state index contributed by atoms with van der Waals surface area (Å²) >= 11 is 12.5. The molecule has 0 heterocycles. The van der Waals surface area contributed by atoms with Crippen LogP contribution in [-0.4, -0.2) is 57.6 Å². The van der Waals surface area contributed by atoms with Crippen LogP contribution in [0, 0.1) is 0 Å². The van der Waals surface area contributed by atoms with Crippen molar-refractivity contribution in [1.82, 2.24) is 10.2 Å². The minimum Gasteiger partial charge on any atom is -0.497 e. The van der Waals surface area contributed by atoms with Gasteiger partial charge in [-0.3, -0.25) is 13.9 Å². The fourth-order valence-electron chi connectivity index (χ4n) is 4.30. The van der Waals surface area contributed by atoms with E-state index in [1.807, 2.05) is 43.3 Å². The van der Waals surface area contributed by atoms with E-state index in [1.165, 1.54) is 23.1 Å². The SMILES string of the molecule is CCCCNC(=O)[C@@H](Cc1ccccc1)N(Cc1cccc(OC)c1)C(=O)CN(c1cc(Cl)ccc1Cl)S(C)(=O)=O. The third kappa shape index (κ3) is 9.38. The molecule has 220 valence electrons. The molecular weight excluding hydrogens is 585 g/mol. The van der Waals surface area contributed by atoms with Crippen molar-refractivity contribution >= 4 is 50.7 Å². The molecule has 0 bridgehead atoms. The van der Waals surface area contributed by atoms with E-state index in [2.05, 4.69) is 5.32 Å². The van der Waals surface area contributed by atoms with Gasteiger partial charge in [-0.2, -0.15) is 0 Å². The second-order valence-electron chi connectivity index (χ2n) is 9.59. The van der Waals surface area contributed by atoms with E-state index in [1.54, 1.807) is 25.3 Å². The van der Waals surface area contributed by atoms with Crippen LogP contribution in [0.2, 0.25) is 10.0 Å². The highest BCUT2D eigenvalue weighted by molar-refractivity contribution is 7.92. The zero-order valence-corrected chi connectivity index (χ0v) is 25.7. The zero-order valence-electron chi connectivity index (χ0n) is 23.3. The summed E-state index contributed by atoms with van der Waals surface area (Å²) in [5.74, 6) is -0.323. The summed E-state index contributed by atoms with van der Waals surface area (Å²) in [6, 6.07) is 20.0. The highest BCUT2D eigenvalue weighted by Crippen LogP contribution is 2.31. The number of anilines is 1. The summed E-state index contributed by atoms with van der Waals surface area (Å²) in [6.07, 6.45) is 2.89. The molecule has 3 aromatic carbocycles. The predicted molar refractivity (Wildman–Crippen MR) is 164 cm³/mol. The molecule has 0 spiro atoms. The van der Waals surface area contributed by atoms with Gasteiger partial charge in [-0.05, 0) is 47.9 Å². The Bertz CT molecular complexity index is 1440. The molecule has 0 aliphatic rings. The first kappa shape index (κ1) is 32.2. The van der Waals surface area contributed by atoms with Crippen LogP contribution in [0.5, 0.6) is 5.75 Å². The Morgan fingerprint density at radius 1 is 0.976 bits per heavy atom. The number of hydrogen-bond donors (Lipinski definition) is 1. The molecular formula is C30H35Cl2N3O5S. The van der Waals surface area contributed by atoms with Gasteiger partial charge in [-0.25, -0.2) is 8.42 Å². The maximum Gasteiger partial charge on any atom is 0.244 e. The van der Waals surface area contributed by atoms with Crippen molar-refractivity contribution in [2.45, 2.75) is 38.8 Å². The van der Waals surface area contributed by atoms with Crippen LogP contribution in [-0.2, 0) is 32.6 Å². The number of ether oxygens (including phenoxy) is 1. The van der Waals surface area contributed by atoms with Gasteiger partial charge in [0.1, 0.15) is 18.3 Å². The summed E-state index contributed by atoms with van der Waals surface area (Å²) in [5.41, 5.74) is 1.64. The van der Waals surface area contributed by atoms with E-state index >= 15 is 0 Å². The van der Waals surface area contributed by atoms with Gasteiger partial charge in [-0.15, -0.1) is 0 Å². The third-order valence-corrected chi connectivity index (χ3v) is 8.12. The van der Waals surface area contributed by atoms with E-state index in [-0.39, 0.29) is 34.6 Å². The number of sulfonamides is 1. The Morgan fingerprint density at radius 2 is 1.68 bits per heavy atom. The van der Waals surface area contributed by atoms with Crippen LogP contribution in [0.1, 0.15) is 30.9 Å². The second kappa shape index (κ2) is 15.1. The van der Waals surface area contributed by atoms with E-state index in [0.717, 1.165) is 29.0 Å². The molecule has 41 heavy (non-hydrogen) atoms. The Balaban J connectivity index is 2.07. The minimum atomic E-state index is -3.97. The lowest BCUT2D eigenvalue weighted by Gasteiger charge is -2.33. The quantitative estimate of drug-likeness (QED) is 0.246. The van der Waals surface area contributed by atoms with E-state index in [0.29, 0.717) is 17.9 Å². The molecule has 0 fully saturated rings. The number of hydrogen-bond acceptors (Lipinski definition) is 5. The fraction of sp³-hybridized carbons (Fsp3) is 0.333. The first-order chi connectivity index (χ1) is 19.5. The van der Waals surface area contributed by atoms with Crippen LogP contribution in [0.3, 0.4) is 0 Å². The summed E-state index contributed by atoms with van der Waals surface area (Å²) in [5, 5.41) is 3.33. The number of benzene rings is 3. The highest BCUT2D eigenvalue weighted by atomic mass is 35.5. The van der Waals surface area contributed by atoms with Crippen molar-refractivity contribution in [2.24, 2.45) is 0 Å². The Hall–Kier alpha value is -3.27. The molecule has 0 saturated heterocycles. The lowest BCUT2D eigenvalue weighted by Crippen LogP contribution is -2.53. The van der Waals surface area contributed by atoms with Crippen LogP contribution >= 0.6 is 23.2 Å². The molecule has 0 aliphatic carbocycles. The van der Waals surface area contributed by atoms with Crippen molar-refractivity contribution in [3.05, 3.63) is 94.0 Å². The third-order valence-electron chi connectivity index (χ3n) is 6.44. The summed E-state index contributed by atoms with van der Waals surface area (Å²) in [4.78, 5) is 29.2. The maximum absolute atomic E-state index is 14.1. The summed E-state index contributed by atoms with van der Waals surface area (Å²) < 4.78 is 32.1. The van der Waals surface area contributed by atoms with Crippen molar-refractivity contribution in [3.63, 3.8) is 0 Å². The molecule has 0 radical (unpaired) electrons. The van der Waals surface area contributed by atoms with Crippen molar-refractivity contribution in [1.29, 1.82) is 0 Å². The average molecular weight is 621 g/mol. The molecule has 0 aromatic heterocycles. The van der Waals surface area contributed by atoms with Crippen LogP contribution < -0.4 is 14.4 Å². The van der Waals surface area contributed by atoms with E-state index in [4.69, 9.17) is 27.9 Å². The van der Waals surface area contributed by atoms with Gasteiger partial charge in [0.2, 0.25) is 21.8 Å². The Kier molecular flexibility index (Phi) is 11.9. The Labute approximate surface area is 252 Å². The highest BCUT2D eigenvalue weighted by Gasteiger charge is 2.33. The molecule has 3 aromatic rings. The Morgan fingerprint density at radius 3 is 2.34 bits per heavy atom. The number of halogens is 2. The molecule has 3 rings (SSSR count). The van der Waals surface area contributed by atoms with Crippen molar-refractivity contribution in [3.8, 4) is 5.75 Å². The van der Waals surface area contributed by atoms with E-state index < -0.39 is 28.5 Å². The minimum absolute atomic E-state index is 0.0373. The van der Waals surface area contributed by atoms with Crippen molar-refractivity contribution in [2.75, 3.05) is 30.8 Å². The first-order valence-corrected chi connectivity index (χ1v) is 15.8. The number of amides is 2. The molecule has 2 amide bonds. The molecule has 1 atom stereocenters. The molecule has 1 N–H and O–H groups in total. The monoisotopic (exact) mass is 619 g/mol.